The van der Waals surface area contributed by atoms with Crippen molar-refractivity contribution in [2.75, 3.05) is 21.1 Å². The van der Waals surface area contributed by atoms with Gasteiger partial charge < -0.3 is 15.5 Å². The zero-order chi connectivity index (χ0) is 7.15. The Bertz CT molecular complexity index is 56.5. The third-order valence-corrected chi connectivity index (χ3v) is 0. The second-order valence-corrected chi connectivity index (χ2v) is 1.86. The minimum absolute atomic E-state index is 0. The molecule has 0 rings (SSSR count). The Morgan fingerprint density at radius 2 is 1.33 bits per heavy atom. The molecule has 58 valence electrons. The second kappa shape index (κ2) is 10.4. The first-order valence-corrected chi connectivity index (χ1v) is 2.27. The Balaban J connectivity index is -0.0000000720. The van der Waals surface area contributed by atoms with E-state index in [1.807, 2.05) is 26.0 Å². The molecule has 0 heterocycles. The van der Waals surface area contributed by atoms with Gasteiger partial charge in [0.1, 0.15) is 0 Å². The van der Waals surface area contributed by atoms with Crippen molar-refractivity contribution in [3.63, 3.8) is 0 Å². The smallest absolute Gasteiger partial charge is 0.300 e. The van der Waals surface area contributed by atoms with Crippen LogP contribution in [-0.2, 0) is 4.79 Å². The fraction of sp³-hybridized carbons (Fsp3) is 0.800. The van der Waals surface area contributed by atoms with Gasteiger partial charge in [0.25, 0.3) is 5.97 Å². The summed E-state index contributed by atoms with van der Waals surface area (Å²) in [7, 11) is 6.00. The monoisotopic (exact) mass is 137 g/mol. The highest BCUT2D eigenvalue weighted by atomic mass is 16.4. The Morgan fingerprint density at radius 3 is 1.33 bits per heavy atom. The number of hydrogen-bond acceptors (Lipinski definition) is 2. The van der Waals surface area contributed by atoms with Gasteiger partial charge in [-0.15, -0.1) is 0 Å². The van der Waals surface area contributed by atoms with Crippen LogP contribution in [0.5, 0.6) is 0 Å². The lowest BCUT2D eigenvalue weighted by molar-refractivity contribution is -0.134. The fourth-order valence-corrected chi connectivity index (χ4v) is 0. The lowest BCUT2D eigenvalue weighted by atomic mass is 10.9. The summed E-state index contributed by atoms with van der Waals surface area (Å²) in [5, 5.41) is 7.42. The molecule has 0 fully saturated rings. The van der Waals surface area contributed by atoms with Crippen molar-refractivity contribution >= 4 is 5.97 Å². The normalized spacial score (nSPS) is 6.78. The molecule has 0 aliphatic carbocycles. The minimum Gasteiger partial charge on any atom is -0.481 e. The SMILES string of the molecule is CC(=O)O.CN(C)C.O. The van der Waals surface area contributed by atoms with Gasteiger partial charge in [0, 0.05) is 6.92 Å². The summed E-state index contributed by atoms with van der Waals surface area (Å²) in [6, 6.07) is 0. The minimum atomic E-state index is -0.833. The van der Waals surface area contributed by atoms with E-state index in [1.54, 1.807) is 0 Å². The summed E-state index contributed by atoms with van der Waals surface area (Å²) in [4.78, 5) is 11.0. The van der Waals surface area contributed by atoms with Gasteiger partial charge in [0.2, 0.25) is 0 Å². The molecule has 4 heteroatoms. The van der Waals surface area contributed by atoms with Gasteiger partial charge >= 0.3 is 0 Å². The molecule has 0 amide bonds. The van der Waals surface area contributed by atoms with Crippen LogP contribution in [-0.4, -0.2) is 42.6 Å². The Hall–Kier alpha value is -0.610. The quantitative estimate of drug-likeness (QED) is 0.486. The van der Waals surface area contributed by atoms with Crippen molar-refractivity contribution in [2.24, 2.45) is 0 Å². The van der Waals surface area contributed by atoms with Crippen LogP contribution in [0, 0.1) is 0 Å². The van der Waals surface area contributed by atoms with Crippen LogP contribution >= 0.6 is 0 Å². The van der Waals surface area contributed by atoms with Gasteiger partial charge in [-0.1, -0.05) is 0 Å². The van der Waals surface area contributed by atoms with Crippen molar-refractivity contribution < 1.29 is 15.4 Å². The lowest BCUT2D eigenvalue weighted by Crippen LogP contribution is -1.99. The van der Waals surface area contributed by atoms with E-state index in [0.717, 1.165) is 6.92 Å². The molecule has 0 saturated heterocycles. The second-order valence-electron chi connectivity index (χ2n) is 1.86. The molecule has 0 atom stereocenters. The molecule has 0 aliphatic rings. The molecule has 0 unspecified atom stereocenters. The van der Waals surface area contributed by atoms with Crippen molar-refractivity contribution in [3.05, 3.63) is 0 Å². The zero-order valence-electron chi connectivity index (χ0n) is 6.30. The van der Waals surface area contributed by atoms with Crippen LogP contribution in [0.4, 0.5) is 0 Å². The first-order valence-electron chi connectivity index (χ1n) is 2.27. The van der Waals surface area contributed by atoms with Gasteiger partial charge in [-0.25, -0.2) is 0 Å². The molecular formula is C5H15NO3. The molecule has 0 aromatic heterocycles. The van der Waals surface area contributed by atoms with Crippen molar-refractivity contribution in [3.8, 4) is 0 Å². The van der Waals surface area contributed by atoms with Crippen LogP contribution in [0.25, 0.3) is 0 Å². The third-order valence-electron chi connectivity index (χ3n) is 0. The molecule has 9 heavy (non-hydrogen) atoms. The topological polar surface area (TPSA) is 72.0 Å². The molecule has 0 aliphatic heterocycles. The van der Waals surface area contributed by atoms with Crippen LogP contribution in [0.2, 0.25) is 0 Å². The van der Waals surface area contributed by atoms with E-state index >= 15 is 0 Å². The van der Waals surface area contributed by atoms with Crippen molar-refractivity contribution in [2.45, 2.75) is 6.92 Å². The predicted molar refractivity (Wildman–Crippen MR) is 36.5 cm³/mol. The van der Waals surface area contributed by atoms with Crippen LogP contribution in [0.3, 0.4) is 0 Å². The largest absolute Gasteiger partial charge is 0.481 e. The highest BCUT2D eigenvalue weighted by molar-refractivity contribution is 5.62. The Labute approximate surface area is 55.4 Å². The first-order chi connectivity index (χ1) is 3.46. The predicted octanol–water partition coefficient (Wildman–Crippen LogP) is -0.556. The number of aliphatic carboxylic acids is 1. The van der Waals surface area contributed by atoms with Crippen molar-refractivity contribution in [1.82, 2.24) is 4.90 Å². The summed E-state index contributed by atoms with van der Waals surface area (Å²) in [5.41, 5.74) is 0. The van der Waals surface area contributed by atoms with Gasteiger partial charge in [0.05, 0.1) is 0 Å². The molecule has 0 saturated carbocycles. The van der Waals surface area contributed by atoms with E-state index in [4.69, 9.17) is 9.90 Å². The van der Waals surface area contributed by atoms with Gasteiger partial charge in [-0.2, -0.15) is 0 Å². The highest BCUT2D eigenvalue weighted by Crippen LogP contribution is 1.47. The number of hydrogen-bond donors (Lipinski definition) is 1. The number of carboxylic acids is 1. The summed E-state index contributed by atoms with van der Waals surface area (Å²) in [5.74, 6) is -0.833. The maximum Gasteiger partial charge on any atom is 0.300 e. The Morgan fingerprint density at radius 1 is 1.33 bits per heavy atom. The van der Waals surface area contributed by atoms with E-state index < -0.39 is 5.97 Å². The molecule has 0 radical (unpaired) electrons. The van der Waals surface area contributed by atoms with Crippen LogP contribution < -0.4 is 0 Å². The highest BCUT2D eigenvalue weighted by Gasteiger charge is 1.65. The number of carbonyl (C=O) groups is 1. The Kier molecular flexibility index (Phi) is 18.2. The zero-order valence-corrected chi connectivity index (χ0v) is 6.30. The third kappa shape index (κ3) is 577. The van der Waals surface area contributed by atoms with E-state index in [1.165, 1.54) is 0 Å². The maximum atomic E-state index is 9.00. The summed E-state index contributed by atoms with van der Waals surface area (Å²) in [6.45, 7) is 1.08. The average Bonchev–Trinajstić information content (AvgIpc) is 1.25. The van der Waals surface area contributed by atoms with Gasteiger partial charge in [-0.3, -0.25) is 4.79 Å². The van der Waals surface area contributed by atoms with Crippen LogP contribution in [0.1, 0.15) is 6.92 Å². The molecule has 4 nitrogen and oxygen atoms in total. The lowest BCUT2D eigenvalue weighted by Gasteiger charge is -1.90. The van der Waals surface area contributed by atoms with Gasteiger partial charge in [-0.05, 0) is 21.1 Å². The number of nitrogens with zero attached hydrogens (tertiary/aromatic N) is 1. The summed E-state index contributed by atoms with van der Waals surface area (Å²) < 4.78 is 0. The van der Waals surface area contributed by atoms with E-state index in [-0.39, 0.29) is 5.48 Å². The molecule has 0 spiro atoms. The number of rotatable bonds is 0. The van der Waals surface area contributed by atoms with E-state index in [2.05, 4.69) is 0 Å². The van der Waals surface area contributed by atoms with Crippen molar-refractivity contribution in [1.29, 1.82) is 0 Å². The molecule has 3 N–H and O–H groups in total. The average molecular weight is 137 g/mol. The van der Waals surface area contributed by atoms with Gasteiger partial charge in [0.15, 0.2) is 0 Å². The fourth-order valence-electron chi connectivity index (χ4n) is 0. The van der Waals surface area contributed by atoms with E-state index in [9.17, 15) is 0 Å². The molecule has 0 aromatic rings. The molecule has 0 bridgehead atoms. The van der Waals surface area contributed by atoms with Crippen LogP contribution in [0.15, 0.2) is 0 Å². The summed E-state index contributed by atoms with van der Waals surface area (Å²) in [6.07, 6.45) is 0. The first kappa shape index (κ1) is 15.8. The maximum absolute atomic E-state index is 9.00. The standard InChI is InChI=1S/C3H9N.C2H4O2.H2O/c1-4(2)3;1-2(3)4;/h1-3H3;1H3,(H,3,4);1H2. The summed E-state index contributed by atoms with van der Waals surface area (Å²) >= 11 is 0. The molecule has 0 aromatic carbocycles. The number of carboxylic acid groups (broad SMARTS) is 1. The molecular weight excluding hydrogens is 122 g/mol. The van der Waals surface area contributed by atoms with E-state index in [0.29, 0.717) is 0 Å².